The lowest BCUT2D eigenvalue weighted by Crippen LogP contribution is -2.35. The van der Waals surface area contributed by atoms with Crippen LogP contribution in [0.4, 0.5) is 10.1 Å². The molecule has 0 aliphatic carbocycles. The van der Waals surface area contributed by atoms with Crippen molar-refractivity contribution in [2.75, 3.05) is 24.4 Å². The second kappa shape index (κ2) is 6.35. The molecular weight excluding hydrogens is 351 g/mol. The zero-order valence-electron chi connectivity index (χ0n) is 13.5. The number of fused-ring (bicyclic) bond motifs is 1. The minimum atomic E-state index is -3.88. The Hall–Kier alpha value is -1.63. The van der Waals surface area contributed by atoms with E-state index in [2.05, 4.69) is 4.90 Å². The first-order valence-corrected chi connectivity index (χ1v) is 9.37. The fourth-order valence-corrected chi connectivity index (χ4v) is 4.91. The van der Waals surface area contributed by atoms with Crippen LogP contribution in [0.2, 0.25) is 5.02 Å². The first-order valence-electron chi connectivity index (χ1n) is 7.55. The lowest BCUT2D eigenvalue weighted by atomic mass is 10.2. The number of hydrogen-bond acceptors (Lipinski definition) is 3. The second-order valence-electron chi connectivity index (χ2n) is 5.98. The summed E-state index contributed by atoms with van der Waals surface area (Å²) in [5, 5.41) is -0.104. The number of nitrogens with zero attached hydrogens (tertiary/aromatic N) is 2. The van der Waals surface area contributed by atoms with Gasteiger partial charge in [-0.05, 0) is 43.3 Å². The molecule has 2 aromatic rings. The Morgan fingerprint density at radius 3 is 2.62 bits per heavy atom. The van der Waals surface area contributed by atoms with Crippen molar-refractivity contribution in [1.29, 1.82) is 0 Å². The van der Waals surface area contributed by atoms with E-state index in [1.165, 1.54) is 17.3 Å². The molecule has 0 fully saturated rings. The number of benzene rings is 2. The van der Waals surface area contributed by atoms with Crippen molar-refractivity contribution < 1.29 is 12.8 Å². The highest BCUT2D eigenvalue weighted by molar-refractivity contribution is 7.93. The van der Waals surface area contributed by atoms with Crippen LogP contribution < -0.4 is 4.31 Å². The van der Waals surface area contributed by atoms with Gasteiger partial charge >= 0.3 is 0 Å². The average molecular weight is 369 g/mol. The molecule has 0 bridgehead atoms. The molecule has 0 saturated heterocycles. The van der Waals surface area contributed by atoms with Crippen molar-refractivity contribution >= 4 is 27.3 Å². The predicted molar refractivity (Wildman–Crippen MR) is 93.5 cm³/mol. The van der Waals surface area contributed by atoms with Crippen molar-refractivity contribution in [3.8, 4) is 0 Å². The summed E-state index contributed by atoms with van der Waals surface area (Å²) in [6, 6.07) is 9.75. The SMILES string of the molecule is Cc1cc(S(=O)(=O)N2CCN(C)Cc3ccccc32)c(Cl)cc1F. The summed E-state index contributed by atoms with van der Waals surface area (Å²) in [4.78, 5) is 1.99. The van der Waals surface area contributed by atoms with Crippen molar-refractivity contribution in [1.82, 2.24) is 4.90 Å². The zero-order valence-corrected chi connectivity index (χ0v) is 15.0. The first kappa shape index (κ1) is 17.2. The molecular formula is C17H18ClFN2O2S. The van der Waals surface area contributed by atoms with E-state index in [4.69, 9.17) is 11.6 Å². The van der Waals surface area contributed by atoms with Crippen molar-refractivity contribution in [3.63, 3.8) is 0 Å². The van der Waals surface area contributed by atoms with Gasteiger partial charge in [-0.2, -0.15) is 0 Å². The van der Waals surface area contributed by atoms with Gasteiger partial charge in [0, 0.05) is 19.6 Å². The third kappa shape index (κ3) is 3.01. The van der Waals surface area contributed by atoms with Gasteiger partial charge in [-0.15, -0.1) is 0 Å². The Morgan fingerprint density at radius 1 is 1.17 bits per heavy atom. The fraction of sp³-hybridized carbons (Fsp3) is 0.294. The summed E-state index contributed by atoms with van der Waals surface area (Å²) in [7, 11) is -1.94. The first-order chi connectivity index (χ1) is 11.3. The molecule has 0 amide bonds. The van der Waals surface area contributed by atoms with Crippen LogP contribution in [0.1, 0.15) is 11.1 Å². The number of halogens is 2. The number of sulfonamides is 1. The maximum atomic E-state index is 13.6. The maximum Gasteiger partial charge on any atom is 0.265 e. The molecule has 0 N–H and O–H groups in total. The van der Waals surface area contributed by atoms with Gasteiger partial charge in [0.25, 0.3) is 10.0 Å². The van der Waals surface area contributed by atoms with Crippen LogP contribution in [0.25, 0.3) is 0 Å². The summed E-state index contributed by atoms with van der Waals surface area (Å²) in [5.41, 5.74) is 1.81. The van der Waals surface area contributed by atoms with Crippen LogP contribution in [0.15, 0.2) is 41.3 Å². The van der Waals surface area contributed by atoms with Gasteiger partial charge in [0.1, 0.15) is 10.7 Å². The van der Waals surface area contributed by atoms with Gasteiger partial charge in [-0.3, -0.25) is 4.31 Å². The summed E-state index contributed by atoms with van der Waals surface area (Å²) in [6.07, 6.45) is 0. The molecule has 1 aliphatic heterocycles. The number of likely N-dealkylation sites (N-methyl/N-ethyl adjacent to an activating group) is 1. The highest BCUT2D eigenvalue weighted by Crippen LogP contribution is 2.33. The van der Waals surface area contributed by atoms with E-state index in [9.17, 15) is 12.8 Å². The maximum absolute atomic E-state index is 13.6. The van der Waals surface area contributed by atoms with Gasteiger partial charge < -0.3 is 4.90 Å². The Balaban J connectivity index is 2.15. The molecule has 24 heavy (non-hydrogen) atoms. The van der Waals surface area contributed by atoms with Crippen LogP contribution in [0.3, 0.4) is 0 Å². The molecule has 0 unspecified atom stereocenters. The Morgan fingerprint density at radius 2 is 1.88 bits per heavy atom. The standard InChI is InChI=1S/C17H18ClFN2O2S/c1-12-9-17(14(18)10-15(12)19)24(22,23)21-8-7-20(2)11-13-5-3-4-6-16(13)21/h3-6,9-10H,7-8,11H2,1-2H3. The summed E-state index contributed by atoms with van der Waals surface area (Å²) in [5.74, 6) is -0.519. The van der Waals surface area contributed by atoms with Crippen LogP contribution in [0, 0.1) is 12.7 Å². The van der Waals surface area contributed by atoms with E-state index in [0.717, 1.165) is 11.6 Å². The Kier molecular flexibility index (Phi) is 4.55. The van der Waals surface area contributed by atoms with E-state index >= 15 is 0 Å². The quantitative estimate of drug-likeness (QED) is 0.815. The monoisotopic (exact) mass is 368 g/mol. The Bertz CT molecular complexity index is 886. The minimum Gasteiger partial charge on any atom is -0.300 e. The molecule has 4 nitrogen and oxygen atoms in total. The van der Waals surface area contributed by atoms with Crippen molar-refractivity contribution in [2.45, 2.75) is 18.4 Å². The van der Waals surface area contributed by atoms with Crippen molar-refractivity contribution in [2.24, 2.45) is 0 Å². The third-order valence-corrected chi connectivity index (χ3v) is 6.44. The number of rotatable bonds is 2. The van der Waals surface area contributed by atoms with Gasteiger partial charge in [-0.25, -0.2) is 12.8 Å². The summed E-state index contributed by atoms with van der Waals surface area (Å²) in [6.45, 7) is 3.08. The zero-order chi connectivity index (χ0) is 17.5. The van der Waals surface area contributed by atoms with Crippen LogP contribution >= 0.6 is 11.6 Å². The fourth-order valence-electron chi connectivity index (χ4n) is 2.84. The highest BCUT2D eigenvalue weighted by Gasteiger charge is 2.31. The molecule has 3 rings (SSSR count). The normalized spacial score (nSPS) is 15.9. The van der Waals surface area contributed by atoms with Crippen LogP contribution in [0.5, 0.6) is 0 Å². The highest BCUT2D eigenvalue weighted by atomic mass is 35.5. The lowest BCUT2D eigenvalue weighted by molar-refractivity contribution is 0.344. The smallest absolute Gasteiger partial charge is 0.265 e. The molecule has 0 radical (unpaired) electrons. The number of hydrogen-bond donors (Lipinski definition) is 0. The van der Waals surface area contributed by atoms with E-state index in [1.54, 1.807) is 6.07 Å². The molecule has 2 aromatic carbocycles. The van der Waals surface area contributed by atoms with Gasteiger partial charge in [0.15, 0.2) is 0 Å². The molecule has 128 valence electrons. The topological polar surface area (TPSA) is 40.6 Å². The summed E-state index contributed by atoms with van der Waals surface area (Å²) >= 11 is 6.05. The second-order valence-corrected chi connectivity index (χ2v) is 8.21. The lowest BCUT2D eigenvalue weighted by Gasteiger charge is -2.25. The number of para-hydroxylation sites is 1. The number of anilines is 1. The molecule has 0 aromatic heterocycles. The van der Waals surface area contributed by atoms with Crippen LogP contribution in [-0.4, -0.2) is 33.5 Å². The molecule has 1 heterocycles. The molecule has 0 spiro atoms. The third-order valence-electron chi connectivity index (χ3n) is 4.17. The predicted octanol–water partition coefficient (Wildman–Crippen LogP) is 3.43. The van der Waals surface area contributed by atoms with Gasteiger partial charge in [0.05, 0.1) is 10.7 Å². The van der Waals surface area contributed by atoms with Crippen molar-refractivity contribution in [3.05, 3.63) is 58.4 Å². The van der Waals surface area contributed by atoms with E-state index in [-0.39, 0.29) is 15.5 Å². The molecule has 0 atom stereocenters. The van der Waals surface area contributed by atoms with Crippen LogP contribution in [-0.2, 0) is 16.6 Å². The largest absolute Gasteiger partial charge is 0.300 e. The van der Waals surface area contributed by atoms with Gasteiger partial charge in [0.2, 0.25) is 0 Å². The van der Waals surface area contributed by atoms with E-state index < -0.39 is 15.8 Å². The number of aryl methyl sites for hydroxylation is 1. The van der Waals surface area contributed by atoms with E-state index in [1.807, 2.05) is 25.2 Å². The molecule has 7 heteroatoms. The Labute approximate surface area is 146 Å². The molecule has 1 aliphatic rings. The van der Waals surface area contributed by atoms with E-state index in [0.29, 0.717) is 25.3 Å². The van der Waals surface area contributed by atoms with Gasteiger partial charge in [-0.1, -0.05) is 29.8 Å². The molecule has 0 saturated carbocycles. The summed E-state index contributed by atoms with van der Waals surface area (Å²) < 4.78 is 41.4. The average Bonchev–Trinajstić information content (AvgIpc) is 2.69. The minimum absolute atomic E-state index is 0.0672.